The molecule has 0 bridgehead atoms. The van der Waals surface area contributed by atoms with Gasteiger partial charge in [0, 0.05) is 17.8 Å². The summed E-state index contributed by atoms with van der Waals surface area (Å²) >= 11 is 0. The van der Waals surface area contributed by atoms with Crippen LogP contribution in [-0.4, -0.2) is 15.7 Å². The van der Waals surface area contributed by atoms with Gasteiger partial charge in [-0.1, -0.05) is 12.5 Å². The molecule has 0 radical (unpaired) electrons. The minimum atomic E-state index is -0.467. The summed E-state index contributed by atoms with van der Waals surface area (Å²) in [6.07, 6.45) is 11.5. The maximum Gasteiger partial charge on any atom is 0.0734 e. The van der Waals surface area contributed by atoms with Crippen LogP contribution in [0.1, 0.15) is 62.1 Å². The van der Waals surface area contributed by atoms with E-state index in [0.29, 0.717) is 5.92 Å². The minimum absolute atomic E-state index is 0.297. The van der Waals surface area contributed by atoms with Crippen LogP contribution in [0.5, 0.6) is 0 Å². The van der Waals surface area contributed by atoms with Crippen LogP contribution in [0.25, 0.3) is 0 Å². The van der Waals surface area contributed by atoms with E-state index < -0.39 is 5.60 Å². The van der Waals surface area contributed by atoms with Crippen LogP contribution in [0.2, 0.25) is 0 Å². The molecule has 2 nitrogen and oxygen atoms in total. The van der Waals surface area contributed by atoms with E-state index in [4.69, 9.17) is 0 Å². The molecule has 0 amide bonds. The zero-order valence-electron chi connectivity index (χ0n) is 11.5. The van der Waals surface area contributed by atoms with Gasteiger partial charge in [0.05, 0.1) is 5.60 Å². The molecule has 1 heterocycles. The molecule has 4 rings (SSSR count). The average Bonchev–Trinajstić information content (AvgIpc) is 3.18. The number of aromatic nitrogens is 1. The van der Waals surface area contributed by atoms with Crippen molar-refractivity contribution < 1.29 is 5.11 Å². The maximum atomic E-state index is 11.2. The highest BCUT2D eigenvalue weighted by molar-refractivity contribution is 5.31. The second kappa shape index (κ2) is 4.31. The molecule has 0 spiro atoms. The first-order chi connectivity index (χ1) is 9.26. The fourth-order valence-corrected chi connectivity index (χ4v) is 4.55. The molecule has 0 aromatic carbocycles. The Hall–Kier alpha value is -0.890. The number of rotatable bonds is 2. The third-order valence-electron chi connectivity index (χ3n) is 5.70. The van der Waals surface area contributed by atoms with Crippen molar-refractivity contribution in [2.24, 2.45) is 11.8 Å². The zero-order chi connectivity index (χ0) is 12.9. The summed E-state index contributed by atoms with van der Waals surface area (Å²) in [4.78, 5) is 4.59. The molecule has 1 aromatic heterocycles. The van der Waals surface area contributed by atoms with Gasteiger partial charge in [0.2, 0.25) is 0 Å². The van der Waals surface area contributed by atoms with E-state index in [1.54, 1.807) is 0 Å². The molecule has 1 N–H and O–H groups in total. The van der Waals surface area contributed by atoms with Crippen molar-refractivity contribution in [3.05, 3.63) is 29.6 Å². The van der Waals surface area contributed by atoms with Crippen molar-refractivity contribution in [3.8, 4) is 0 Å². The first-order valence-corrected chi connectivity index (χ1v) is 7.92. The molecule has 102 valence electrons. The van der Waals surface area contributed by atoms with Gasteiger partial charge in [0.25, 0.3) is 0 Å². The van der Waals surface area contributed by atoms with Gasteiger partial charge >= 0.3 is 0 Å². The van der Waals surface area contributed by atoms with E-state index >= 15 is 0 Å². The highest BCUT2D eigenvalue weighted by atomic mass is 16.3. The number of hydrogen-bond acceptors (Lipinski definition) is 2. The fraction of sp³-hybridized carbons (Fsp3) is 0.706. The normalized spacial score (nSPS) is 38.2. The lowest BCUT2D eigenvalue weighted by Gasteiger charge is -2.41. The molecule has 1 aromatic rings. The largest absolute Gasteiger partial charge is 0.389 e. The SMILES string of the molecule is OC1(C2CCc3cccnc32)CCCC(C2CC2)C1. The third kappa shape index (κ3) is 2.01. The van der Waals surface area contributed by atoms with Crippen LogP contribution >= 0.6 is 0 Å². The zero-order valence-corrected chi connectivity index (χ0v) is 11.5. The number of pyridine rings is 1. The van der Waals surface area contributed by atoms with Crippen LogP contribution in [0, 0.1) is 11.8 Å². The highest BCUT2D eigenvalue weighted by Gasteiger charge is 2.47. The highest BCUT2D eigenvalue weighted by Crippen LogP contribution is 2.52. The van der Waals surface area contributed by atoms with Gasteiger partial charge in [-0.05, 0) is 68.4 Å². The van der Waals surface area contributed by atoms with Crippen LogP contribution < -0.4 is 0 Å². The number of aryl methyl sites for hydroxylation is 1. The molecule has 3 atom stereocenters. The second-order valence-corrected chi connectivity index (χ2v) is 6.94. The van der Waals surface area contributed by atoms with Gasteiger partial charge in [-0.15, -0.1) is 0 Å². The number of hydrogen-bond donors (Lipinski definition) is 1. The van der Waals surface area contributed by atoms with Crippen LogP contribution in [-0.2, 0) is 6.42 Å². The molecule has 19 heavy (non-hydrogen) atoms. The van der Waals surface area contributed by atoms with Crippen LogP contribution in [0.4, 0.5) is 0 Å². The summed E-state index contributed by atoms with van der Waals surface area (Å²) in [5, 5.41) is 11.2. The van der Waals surface area contributed by atoms with E-state index in [1.807, 2.05) is 12.3 Å². The quantitative estimate of drug-likeness (QED) is 0.880. The summed E-state index contributed by atoms with van der Waals surface area (Å²) in [6.45, 7) is 0. The molecule has 0 saturated heterocycles. The summed E-state index contributed by atoms with van der Waals surface area (Å²) in [5.74, 6) is 2.01. The predicted molar refractivity (Wildman–Crippen MR) is 74.9 cm³/mol. The van der Waals surface area contributed by atoms with E-state index in [2.05, 4.69) is 11.1 Å². The maximum absolute atomic E-state index is 11.2. The number of nitrogens with zero attached hydrogens (tertiary/aromatic N) is 1. The Bertz CT molecular complexity index is 482. The number of aliphatic hydroxyl groups is 1. The van der Waals surface area contributed by atoms with Crippen molar-refractivity contribution in [1.29, 1.82) is 0 Å². The van der Waals surface area contributed by atoms with E-state index in [1.165, 1.54) is 36.9 Å². The molecular weight excluding hydrogens is 234 g/mol. The first-order valence-electron chi connectivity index (χ1n) is 7.92. The Labute approximate surface area is 115 Å². The molecule has 3 aliphatic rings. The van der Waals surface area contributed by atoms with E-state index in [9.17, 15) is 5.11 Å². The van der Waals surface area contributed by atoms with Crippen molar-refractivity contribution in [2.45, 2.75) is 62.9 Å². The Morgan fingerprint density at radius 3 is 2.89 bits per heavy atom. The molecule has 2 saturated carbocycles. The van der Waals surface area contributed by atoms with Gasteiger partial charge in [-0.25, -0.2) is 0 Å². The molecular formula is C17H23NO. The molecule has 2 heteroatoms. The molecule has 0 aliphatic heterocycles. The minimum Gasteiger partial charge on any atom is -0.389 e. The van der Waals surface area contributed by atoms with Crippen molar-refractivity contribution in [2.75, 3.05) is 0 Å². The topological polar surface area (TPSA) is 33.1 Å². The lowest BCUT2D eigenvalue weighted by molar-refractivity contribution is -0.0437. The lowest BCUT2D eigenvalue weighted by atomic mass is 9.69. The van der Waals surface area contributed by atoms with E-state index in [0.717, 1.165) is 37.5 Å². The molecule has 3 unspecified atom stereocenters. The standard InChI is InChI=1S/C17H23NO/c19-17(9-1-3-14(11-17)12-5-6-12)15-8-7-13-4-2-10-18-16(13)15/h2,4,10,12,14-15,19H,1,3,5-9,11H2. The van der Waals surface area contributed by atoms with Gasteiger partial charge in [0.1, 0.15) is 0 Å². The Morgan fingerprint density at radius 1 is 1.16 bits per heavy atom. The van der Waals surface area contributed by atoms with Crippen molar-refractivity contribution in [3.63, 3.8) is 0 Å². The smallest absolute Gasteiger partial charge is 0.0734 e. The van der Waals surface area contributed by atoms with Crippen LogP contribution in [0.15, 0.2) is 18.3 Å². The van der Waals surface area contributed by atoms with Gasteiger partial charge < -0.3 is 5.11 Å². The Morgan fingerprint density at radius 2 is 2.05 bits per heavy atom. The molecule has 3 aliphatic carbocycles. The average molecular weight is 257 g/mol. The van der Waals surface area contributed by atoms with Gasteiger partial charge in [0.15, 0.2) is 0 Å². The van der Waals surface area contributed by atoms with E-state index in [-0.39, 0.29) is 0 Å². The monoisotopic (exact) mass is 257 g/mol. The van der Waals surface area contributed by atoms with Crippen LogP contribution in [0.3, 0.4) is 0 Å². The summed E-state index contributed by atoms with van der Waals surface area (Å²) in [7, 11) is 0. The second-order valence-electron chi connectivity index (χ2n) is 6.94. The van der Waals surface area contributed by atoms with Crippen molar-refractivity contribution in [1.82, 2.24) is 4.98 Å². The Kier molecular flexibility index (Phi) is 2.70. The fourth-order valence-electron chi connectivity index (χ4n) is 4.55. The summed E-state index contributed by atoms with van der Waals surface area (Å²) in [5.41, 5.74) is 2.10. The van der Waals surface area contributed by atoms with Crippen molar-refractivity contribution >= 4 is 0 Å². The lowest BCUT2D eigenvalue weighted by Crippen LogP contribution is -2.41. The summed E-state index contributed by atoms with van der Waals surface area (Å²) in [6, 6.07) is 4.21. The molecule has 2 fully saturated rings. The first kappa shape index (κ1) is 11.9. The Balaban J connectivity index is 1.60. The summed E-state index contributed by atoms with van der Waals surface area (Å²) < 4.78 is 0. The van der Waals surface area contributed by atoms with Gasteiger partial charge in [-0.2, -0.15) is 0 Å². The number of fused-ring (bicyclic) bond motifs is 1. The predicted octanol–water partition coefficient (Wildman–Crippen LogP) is 3.44. The van der Waals surface area contributed by atoms with Gasteiger partial charge in [-0.3, -0.25) is 4.98 Å². The third-order valence-corrected chi connectivity index (χ3v) is 5.70.